The highest BCUT2D eigenvalue weighted by Gasteiger charge is 2.13. The summed E-state index contributed by atoms with van der Waals surface area (Å²) in [6, 6.07) is 6.58. The number of hydrogen-bond acceptors (Lipinski definition) is 1. The summed E-state index contributed by atoms with van der Waals surface area (Å²) in [5, 5.41) is 0.275. The maximum Gasteiger partial charge on any atom is 0.182 e. The van der Waals surface area contributed by atoms with Crippen molar-refractivity contribution >= 4 is 46.5 Å². The van der Waals surface area contributed by atoms with Crippen LogP contribution in [0.5, 0.6) is 0 Å². The quantitative estimate of drug-likeness (QED) is 0.602. The lowest BCUT2D eigenvalue weighted by Gasteiger charge is -2.07. The molecule has 0 aliphatic rings. The van der Waals surface area contributed by atoms with Gasteiger partial charge >= 0.3 is 0 Å². The molecule has 1 N–H and O–H groups in total. The first kappa shape index (κ1) is 13.5. The number of nitrogens with one attached hydrogen (secondary N) is 1. The van der Waals surface area contributed by atoms with Crippen molar-refractivity contribution in [1.29, 1.82) is 0 Å². The Morgan fingerprint density at radius 1 is 1.05 bits per heavy atom. The molecule has 0 fully saturated rings. The van der Waals surface area contributed by atoms with Gasteiger partial charge in [-0.3, -0.25) is 4.57 Å². The zero-order valence-electron chi connectivity index (χ0n) is 9.75. The Balaban J connectivity index is 2.42. The van der Waals surface area contributed by atoms with Gasteiger partial charge in [-0.25, -0.2) is 8.78 Å². The van der Waals surface area contributed by atoms with Crippen molar-refractivity contribution < 1.29 is 8.78 Å². The lowest BCUT2D eigenvalue weighted by Crippen LogP contribution is -1.96. The number of imidazole rings is 1. The molecular weight excluding hydrogens is 325 g/mol. The van der Waals surface area contributed by atoms with E-state index in [4.69, 9.17) is 35.4 Å². The summed E-state index contributed by atoms with van der Waals surface area (Å²) < 4.78 is 28.7. The van der Waals surface area contributed by atoms with E-state index in [0.29, 0.717) is 21.7 Å². The largest absolute Gasteiger partial charge is 0.330 e. The van der Waals surface area contributed by atoms with Gasteiger partial charge in [0.15, 0.2) is 4.77 Å². The average Bonchev–Trinajstić information content (AvgIpc) is 2.69. The van der Waals surface area contributed by atoms with Crippen LogP contribution < -0.4 is 0 Å². The van der Waals surface area contributed by atoms with Gasteiger partial charge in [-0.05, 0) is 36.5 Å². The minimum absolute atomic E-state index is 0.0484. The van der Waals surface area contributed by atoms with E-state index < -0.39 is 11.6 Å². The molecule has 2 nitrogen and oxygen atoms in total. The number of hydrogen-bond donors (Lipinski definition) is 1. The van der Waals surface area contributed by atoms with E-state index in [1.54, 1.807) is 0 Å². The molecule has 7 heteroatoms. The van der Waals surface area contributed by atoms with Crippen LogP contribution in [-0.2, 0) is 0 Å². The lowest BCUT2D eigenvalue weighted by molar-refractivity contribution is 0.626. The molecule has 0 aliphatic heterocycles. The van der Waals surface area contributed by atoms with Crippen LogP contribution in [0.3, 0.4) is 0 Å². The molecule has 3 aromatic rings. The molecule has 0 spiro atoms. The third-order valence-electron chi connectivity index (χ3n) is 2.87. The maximum absolute atomic E-state index is 13.5. The minimum atomic E-state index is -0.562. The summed E-state index contributed by atoms with van der Waals surface area (Å²) in [6.45, 7) is 0. The third kappa shape index (κ3) is 2.12. The number of aromatic amines is 1. The highest BCUT2D eigenvalue weighted by atomic mass is 35.5. The zero-order chi connectivity index (χ0) is 14.4. The molecular formula is C13H6Cl2F2N2S. The maximum atomic E-state index is 13.5. The number of rotatable bonds is 1. The van der Waals surface area contributed by atoms with Crippen LogP contribution in [0.15, 0.2) is 30.3 Å². The Hall–Kier alpha value is -1.43. The highest BCUT2D eigenvalue weighted by molar-refractivity contribution is 7.71. The Kier molecular flexibility index (Phi) is 3.28. The molecule has 0 aliphatic carbocycles. The standard InChI is InChI=1S/C13H6Cl2F2N2S/c14-7-2-1-6(16)3-11(7)19-12-4-8(15)9(17)5-10(12)18-13(19)20/h1-5H,(H,18,20). The fourth-order valence-corrected chi connectivity index (χ4v) is 2.66. The fraction of sp³-hybridized carbons (Fsp3) is 0. The molecule has 3 rings (SSSR count). The van der Waals surface area contributed by atoms with Crippen LogP contribution in [0, 0.1) is 16.4 Å². The lowest BCUT2D eigenvalue weighted by atomic mass is 10.2. The van der Waals surface area contributed by atoms with E-state index in [1.165, 1.54) is 34.9 Å². The molecule has 0 saturated carbocycles. The molecule has 0 unspecified atom stereocenters. The van der Waals surface area contributed by atoms with Gasteiger partial charge < -0.3 is 4.98 Å². The second-order valence-electron chi connectivity index (χ2n) is 4.14. The van der Waals surface area contributed by atoms with Gasteiger partial charge in [0.2, 0.25) is 0 Å². The van der Waals surface area contributed by atoms with Crippen molar-refractivity contribution in [3.63, 3.8) is 0 Å². The van der Waals surface area contributed by atoms with E-state index >= 15 is 0 Å². The summed E-state index contributed by atoms with van der Waals surface area (Å²) >= 11 is 17.0. The summed E-state index contributed by atoms with van der Waals surface area (Å²) in [6.07, 6.45) is 0. The monoisotopic (exact) mass is 330 g/mol. The van der Waals surface area contributed by atoms with Crippen LogP contribution in [0.2, 0.25) is 10.0 Å². The molecule has 0 amide bonds. The summed E-state index contributed by atoms with van der Waals surface area (Å²) in [5.74, 6) is -1.01. The number of halogens is 4. The molecule has 1 aromatic heterocycles. The first-order chi connectivity index (χ1) is 9.47. The molecule has 2 aromatic carbocycles. The molecule has 0 saturated heterocycles. The van der Waals surface area contributed by atoms with Crippen LogP contribution in [0.25, 0.3) is 16.7 Å². The van der Waals surface area contributed by atoms with E-state index in [0.717, 1.165) is 0 Å². The van der Waals surface area contributed by atoms with Crippen LogP contribution in [0.1, 0.15) is 0 Å². The number of benzene rings is 2. The topological polar surface area (TPSA) is 20.7 Å². The van der Waals surface area contributed by atoms with Crippen molar-refractivity contribution in [1.82, 2.24) is 9.55 Å². The number of fused-ring (bicyclic) bond motifs is 1. The summed E-state index contributed by atoms with van der Waals surface area (Å²) in [4.78, 5) is 2.84. The summed E-state index contributed by atoms with van der Waals surface area (Å²) in [5.41, 5.74) is 1.34. The smallest absolute Gasteiger partial charge is 0.182 e. The van der Waals surface area contributed by atoms with Crippen LogP contribution in [-0.4, -0.2) is 9.55 Å². The van der Waals surface area contributed by atoms with Gasteiger partial charge in [-0.15, -0.1) is 0 Å². The number of H-pyrrole nitrogens is 1. The molecule has 1 heterocycles. The van der Waals surface area contributed by atoms with E-state index in [-0.39, 0.29) is 9.79 Å². The Bertz CT molecular complexity index is 886. The number of aromatic nitrogens is 2. The van der Waals surface area contributed by atoms with Gasteiger partial charge in [0.1, 0.15) is 11.6 Å². The number of nitrogens with zero attached hydrogens (tertiary/aromatic N) is 1. The first-order valence-electron chi connectivity index (χ1n) is 5.52. The SMILES string of the molecule is Fc1ccc(Cl)c(-n2c(=S)[nH]c3cc(F)c(Cl)cc32)c1. The van der Waals surface area contributed by atoms with Crippen molar-refractivity contribution in [2.24, 2.45) is 0 Å². The Labute approximate surface area is 127 Å². The van der Waals surface area contributed by atoms with Gasteiger partial charge in [0, 0.05) is 6.07 Å². The normalized spacial score (nSPS) is 11.2. The van der Waals surface area contributed by atoms with E-state index in [2.05, 4.69) is 4.98 Å². The van der Waals surface area contributed by atoms with Crippen LogP contribution >= 0.6 is 35.4 Å². The van der Waals surface area contributed by atoms with Crippen LogP contribution in [0.4, 0.5) is 8.78 Å². The molecule has 0 radical (unpaired) electrons. The highest BCUT2D eigenvalue weighted by Crippen LogP contribution is 2.29. The van der Waals surface area contributed by atoms with Gasteiger partial charge in [0.25, 0.3) is 0 Å². The van der Waals surface area contributed by atoms with Crippen molar-refractivity contribution in [3.8, 4) is 5.69 Å². The van der Waals surface area contributed by atoms with Gasteiger partial charge in [0.05, 0.1) is 26.8 Å². The zero-order valence-corrected chi connectivity index (χ0v) is 12.1. The van der Waals surface area contributed by atoms with Crippen molar-refractivity contribution in [2.45, 2.75) is 0 Å². The van der Waals surface area contributed by atoms with Gasteiger partial charge in [-0.2, -0.15) is 0 Å². The van der Waals surface area contributed by atoms with E-state index in [1.807, 2.05) is 0 Å². The second kappa shape index (κ2) is 4.84. The van der Waals surface area contributed by atoms with E-state index in [9.17, 15) is 8.78 Å². The predicted molar refractivity (Wildman–Crippen MR) is 78.4 cm³/mol. The molecule has 0 atom stereocenters. The molecule has 102 valence electrons. The minimum Gasteiger partial charge on any atom is -0.330 e. The van der Waals surface area contributed by atoms with Gasteiger partial charge in [-0.1, -0.05) is 23.2 Å². The second-order valence-corrected chi connectivity index (χ2v) is 5.35. The molecule has 20 heavy (non-hydrogen) atoms. The summed E-state index contributed by atoms with van der Waals surface area (Å²) in [7, 11) is 0. The Morgan fingerprint density at radius 3 is 2.55 bits per heavy atom. The van der Waals surface area contributed by atoms with Crippen molar-refractivity contribution in [2.75, 3.05) is 0 Å². The fourth-order valence-electron chi connectivity index (χ4n) is 2.00. The molecule has 0 bridgehead atoms. The third-order valence-corrected chi connectivity index (χ3v) is 3.77. The Morgan fingerprint density at radius 2 is 1.80 bits per heavy atom. The average molecular weight is 331 g/mol. The van der Waals surface area contributed by atoms with Crippen molar-refractivity contribution in [3.05, 3.63) is 56.8 Å². The first-order valence-corrected chi connectivity index (χ1v) is 6.69. The predicted octanol–water partition coefficient (Wildman–Crippen LogP) is 5.27.